The minimum absolute atomic E-state index is 0.0138. The van der Waals surface area contributed by atoms with Crippen LogP contribution in [0.25, 0.3) is 0 Å². The lowest BCUT2D eigenvalue weighted by Gasteiger charge is -2.36. The Kier molecular flexibility index (Phi) is 6.54. The second kappa shape index (κ2) is 7.96. The molecule has 0 saturated carbocycles. The highest BCUT2D eigenvalue weighted by Crippen LogP contribution is 2.38. The van der Waals surface area contributed by atoms with Crippen LogP contribution in [0.1, 0.15) is 48.0 Å². The fourth-order valence-electron chi connectivity index (χ4n) is 2.78. The lowest BCUT2D eigenvalue weighted by atomic mass is 10.1. The van der Waals surface area contributed by atoms with Gasteiger partial charge >= 0.3 is 0 Å². The molecule has 0 aliphatic carbocycles. The van der Waals surface area contributed by atoms with Crippen molar-refractivity contribution < 1.29 is 23.4 Å². The van der Waals surface area contributed by atoms with Crippen LogP contribution in [0.5, 0.6) is 0 Å². The third-order valence-corrected chi connectivity index (χ3v) is 10.0. The molecule has 6 heteroatoms. The van der Waals surface area contributed by atoms with E-state index in [-0.39, 0.29) is 35.9 Å². The first-order valence-corrected chi connectivity index (χ1v) is 12.4. The van der Waals surface area contributed by atoms with Crippen molar-refractivity contribution >= 4 is 14.1 Å². The summed E-state index contributed by atoms with van der Waals surface area (Å²) in [6.07, 6.45) is 3.42. The van der Waals surface area contributed by atoms with Crippen molar-refractivity contribution in [2.45, 2.75) is 90.7 Å². The Balaban J connectivity index is 2.08. The van der Waals surface area contributed by atoms with Crippen LogP contribution in [0.15, 0.2) is 23.5 Å². The molecule has 26 heavy (non-hydrogen) atoms. The van der Waals surface area contributed by atoms with Crippen LogP contribution < -0.4 is 0 Å². The summed E-state index contributed by atoms with van der Waals surface area (Å²) in [5.74, 6) is 0.578. The Morgan fingerprint density at radius 1 is 1.23 bits per heavy atom. The van der Waals surface area contributed by atoms with Gasteiger partial charge in [-0.2, -0.15) is 0 Å². The third kappa shape index (κ3) is 4.47. The predicted octanol–water partition coefficient (Wildman–Crippen LogP) is 4.35. The van der Waals surface area contributed by atoms with Crippen molar-refractivity contribution in [3.8, 4) is 0 Å². The largest absolute Gasteiger partial charge is 0.481 e. The normalized spacial score (nSPS) is 30.5. The summed E-state index contributed by atoms with van der Waals surface area (Å²) in [6.45, 7) is 16.9. The number of hydrogen-bond donors (Lipinski definition) is 0. The van der Waals surface area contributed by atoms with E-state index in [0.29, 0.717) is 11.3 Å². The smallest absolute Gasteiger partial charge is 0.204 e. The van der Waals surface area contributed by atoms with E-state index in [0.717, 1.165) is 6.42 Å². The van der Waals surface area contributed by atoms with Crippen molar-refractivity contribution in [3.63, 3.8) is 0 Å². The van der Waals surface area contributed by atoms with Crippen LogP contribution in [-0.4, -0.2) is 45.3 Å². The highest BCUT2D eigenvalue weighted by atomic mass is 28.4. The zero-order chi connectivity index (χ0) is 19.7. The van der Waals surface area contributed by atoms with Gasteiger partial charge in [0.05, 0.1) is 6.61 Å². The minimum atomic E-state index is -1.94. The average Bonchev–Trinajstić information content (AvgIpc) is 3.03. The monoisotopic (exact) mass is 382 g/mol. The van der Waals surface area contributed by atoms with Crippen LogP contribution in [0, 0.1) is 0 Å². The first-order chi connectivity index (χ1) is 12.0. The van der Waals surface area contributed by atoms with Gasteiger partial charge in [-0.05, 0) is 38.4 Å². The summed E-state index contributed by atoms with van der Waals surface area (Å²) in [6, 6.07) is 0. The van der Waals surface area contributed by atoms with Gasteiger partial charge in [0.1, 0.15) is 18.0 Å². The quantitative estimate of drug-likeness (QED) is 0.505. The van der Waals surface area contributed by atoms with Gasteiger partial charge in [0.25, 0.3) is 0 Å². The maximum absolute atomic E-state index is 12.7. The number of hydrogen-bond acceptors (Lipinski definition) is 5. The molecule has 0 aromatic heterocycles. The summed E-state index contributed by atoms with van der Waals surface area (Å²) in [7, 11) is -1.94. The maximum Gasteiger partial charge on any atom is 0.204 e. The molecule has 2 aliphatic heterocycles. The van der Waals surface area contributed by atoms with Crippen molar-refractivity contribution in [1.29, 1.82) is 0 Å². The summed E-state index contributed by atoms with van der Waals surface area (Å²) >= 11 is 0. The van der Waals surface area contributed by atoms with E-state index in [9.17, 15) is 4.79 Å². The van der Waals surface area contributed by atoms with Gasteiger partial charge in [-0.15, -0.1) is 0 Å². The van der Waals surface area contributed by atoms with Gasteiger partial charge in [-0.1, -0.05) is 39.8 Å². The lowest BCUT2D eigenvalue weighted by Crippen LogP contribution is -2.43. The van der Waals surface area contributed by atoms with Gasteiger partial charge in [0, 0.05) is 5.57 Å². The van der Waals surface area contributed by atoms with E-state index >= 15 is 0 Å². The highest BCUT2D eigenvalue weighted by molar-refractivity contribution is 6.74. The van der Waals surface area contributed by atoms with E-state index < -0.39 is 14.4 Å². The minimum Gasteiger partial charge on any atom is -0.481 e. The van der Waals surface area contributed by atoms with Crippen LogP contribution in [0.3, 0.4) is 0 Å². The third-order valence-electron chi connectivity index (χ3n) is 5.51. The SMILES string of the molecule is CC/C=C\[C@@H]1OC(C)O[C@@H]1C1=C(C)C(=O)C(CO[Si](C)(C)C(C)(C)C)O1. The number of carbonyl (C=O) groups excluding carboxylic acids is 1. The summed E-state index contributed by atoms with van der Waals surface area (Å²) in [5, 5.41) is 0.0911. The van der Waals surface area contributed by atoms with Crippen molar-refractivity contribution in [3.05, 3.63) is 23.5 Å². The molecular weight excluding hydrogens is 348 g/mol. The molecule has 2 aliphatic rings. The number of Topliss-reactive ketones (excluding diaryl/α,β-unsaturated/α-hetero) is 1. The Hall–Kier alpha value is -0.953. The van der Waals surface area contributed by atoms with E-state index in [1.54, 1.807) is 6.92 Å². The zero-order valence-corrected chi connectivity index (χ0v) is 18.4. The van der Waals surface area contributed by atoms with Crippen molar-refractivity contribution in [2.75, 3.05) is 6.61 Å². The molecule has 1 saturated heterocycles. The first-order valence-electron chi connectivity index (χ1n) is 9.51. The van der Waals surface area contributed by atoms with E-state index in [1.807, 2.05) is 19.1 Å². The highest BCUT2D eigenvalue weighted by Gasteiger charge is 2.45. The Morgan fingerprint density at radius 3 is 2.46 bits per heavy atom. The number of ketones is 1. The second-order valence-electron chi connectivity index (χ2n) is 8.59. The predicted molar refractivity (Wildman–Crippen MR) is 104 cm³/mol. The number of ether oxygens (including phenoxy) is 3. The van der Waals surface area contributed by atoms with Gasteiger partial charge in [-0.3, -0.25) is 4.79 Å². The number of rotatable bonds is 6. The molecule has 0 spiro atoms. The van der Waals surface area contributed by atoms with Gasteiger partial charge in [0.15, 0.2) is 20.7 Å². The maximum atomic E-state index is 12.7. The fourth-order valence-corrected chi connectivity index (χ4v) is 3.79. The van der Waals surface area contributed by atoms with Crippen molar-refractivity contribution in [1.82, 2.24) is 0 Å². The molecular formula is C20H34O5Si. The molecule has 2 heterocycles. The molecule has 2 rings (SSSR count). The molecule has 2 unspecified atom stereocenters. The Bertz CT molecular complexity index is 587. The molecule has 0 amide bonds. The van der Waals surface area contributed by atoms with E-state index in [1.165, 1.54) is 0 Å². The van der Waals surface area contributed by atoms with Crippen LogP contribution >= 0.6 is 0 Å². The average molecular weight is 383 g/mol. The lowest BCUT2D eigenvalue weighted by molar-refractivity contribution is -0.123. The molecule has 0 bridgehead atoms. The van der Waals surface area contributed by atoms with Crippen LogP contribution in [0.2, 0.25) is 18.1 Å². The molecule has 1 fully saturated rings. The van der Waals surface area contributed by atoms with E-state index in [2.05, 4.69) is 40.8 Å². The van der Waals surface area contributed by atoms with Crippen LogP contribution in [-0.2, 0) is 23.4 Å². The zero-order valence-electron chi connectivity index (χ0n) is 17.4. The summed E-state index contributed by atoms with van der Waals surface area (Å²) < 4.78 is 23.9. The number of carbonyl (C=O) groups is 1. The van der Waals surface area contributed by atoms with Gasteiger partial charge < -0.3 is 18.6 Å². The Morgan fingerprint density at radius 2 is 1.88 bits per heavy atom. The molecule has 0 radical (unpaired) electrons. The van der Waals surface area contributed by atoms with Crippen molar-refractivity contribution in [2.24, 2.45) is 0 Å². The molecule has 0 N–H and O–H groups in total. The molecule has 0 aromatic carbocycles. The summed E-state index contributed by atoms with van der Waals surface area (Å²) in [4.78, 5) is 12.7. The van der Waals surface area contributed by atoms with Gasteiger partial charge in [0.2, 0.25) is 5.78 Å². The number of allylic oxidation sites excluding steroid dienone is 1. The fraction of sp³-hybridized carbons (Fsp3) is 0.750. The second-order valence-corrected chi connectivity index (χ2v) is 13.4. The van der Waals surface area contributed by atoms with Gasteiger partial charge in [-0.25, -0.2) is 0 Å². The summed E-state index contributed by atoms with van der Waals surface area (Å²) in [5.41, 5.74) is 0.617. The van der Waals surface area contributed by atoms with Crippen LogP contribution in [0.4, 0.5) is 0 Å². The Labute approximate surface area is 158 Å². The topological polar surface area (TPSA) is 54.0 Å². The molecule has 0 aromatic rings. The van der Waals surface area contributed by atoms with E-state index in [4.69, 9.17) is 18.6 Å². The molecule has 5 nitrogen and oxygen atoms in total. The molecule has 148 valence electrons. The molecule has 4 atom stereocenters. The standard InChI is InChI=1S/C20H34O5Si/c1-9-10-11-15-19(24-14(3)23-15)18-13(2)17(21)16(25-18)12-22-26(7,8)20(4,5)6/h10-11,14-16,19H,9,12H2,1-8H3/b11-10-/t14?,15-,16?,19-/m0/s1. The first kappa shape index (κ1) is 21.3.